The molecule has 0 heterocycles. The average Bonchev–Trinajstić information content (AvgIpc) is 2.76. The quantitative estimate of drug-likeness (QED) is 0.223. The molecule has 0 aliphatic rings. The normalized spacial score (nSPS) is 14.7. The number of amidine groups is 2. The third-order valence-electron chi connectivity index (χ3n) is 4.79. The van der Waals surface area contributed by atoms with Crippen LogP contribution in [0.4, 0.5) is 0 Å². The zero-order valence-electron chi connectivity index (χ0n) is 22.3. The molecule has 34 heavy (non-hydrogen) atoms. The van der Waals surface area contributed by atoms with Crippen molar-refractivity contribution in [1.29, 1.82) is 0 Å². The molecule has 0 amide bonds. The van der Waals surface area contributed by atoms with E-state index in [0.717, 1.165) is 23.5 Å². The van der Waals surface area contributed by atoms with Gasteiger partial charge in [-0.25, -0.2) is 0 Å². The third kappa shape index (κ3) is 9.85. The predicted octanol–water partition coefficient (Wildman–Crippen LogP) is 6.13. The number of nitrogens with zero attached hydrogens (tertiary/aromatic N) is 2. The Morgan fingerprint density at radius 2 is 0.912 bits per heavy atom. The van der Waals surface area contributed by atoms with Gasteiger partial charge in [-0.05, 0) is 94.2 Å². The van der Waals surface area contributed by atoms with E-state index in [4.69, 9.17) is 9.98 Å². The molecule has 0 bridgehead atoms. The van der Waals surface area contributed by atoms with Crippen molar-refractivity contribution < 1.29 is 0 Å². The molecule has 186 valence electrons. The van der Waals surface area contributed by atoms with Crippen molar-refractivity contribution in [2.24, 2.45) is 9.98 Å². The van der Waals surface area contributed by atoms with E-state index in [9.17, 15) is 0 Å². The van der Waals surface area contributed by atoms with Crippen molar-refractivity contribution in [1.82, 2.24) is 10.6 Å². The average molecular weight is 499 g/mol. The van der Waals surface area contributed by atoms with E-state index in [1.807, 2.05) is 0 Å². The van der Waals surface area contributed by atoms with Crippen LogP contribution in [0.15, 0.2) is 70.6 Å². The van der Waals surface area contributed by atoms with Crippen LogP contribution in [-0.4, -0.2) is 47.6 Å². The predicted molar refractivity (Wildman–Crippen MR) is 157 cm³/mol. The summed E-state index contributed by atoms with van der Waals surface area (Å²) in [5.74, 6) is 0. The van der Waals surface area contributed by atoms with Gasteiger partial charge >= 0.3 is 0 Å². The van der Waals surface area contributed by atoms with Crippen LogP contribution in [0.25, 0.3) is 0 Å². The Hall–Kier alpha value is -1.76. The highest BCUT2D eigenvalue weighted by Gasteiger charge is 2.25. The maximum Gasteiger partial charge on any atom is 0.124 e. The van der Waals surface area contributed by atoms with Crippen molar-refractivity contribution in [2.45, 2.75) is 79.6 Å². The smallest absolute Gasteiger partial charge is 0.124 e. The highest BCUT2D eigenvalue weighted by atomic mass is 31.1. The first-order valence-corrected chi connectivity index (χ1v) is 15.6. The van der Waals surface area contributed by atoms with E-state index in [0.29, 0.717) is 12.1 Å². The topological polar surface area (TPSA) is 48.8 Å². The van der Waals surface area contributed by atoms with Gasteiger partial charge in [0, 0.05) is 24.2 Å². The summed E-state index contributed by atoms with van der Waals surface area (Å²) in [5, 5.41) is 10.2. The van der Waals surface area contributed by atoms with Crippen LogP contribution in [0.1, 0.15) is 55.4 Å². The van der Waals surface area contributed by atoms with Crippen molar-refractivity contribution in [3.8, 4) is 0 Å². The van der Waals surface area contributed by atoms with Gasteiger partial charge in [-0.2, -0.15) is 0 Å². The lowest BCUT2D eigenvalue weighted by Gasteiger charge is -2.28. The minimum absolute atomic E-state index is 0.256. The van der Waals surface area contributed by atoms with Gasteiger partial charge in [0.15, 0.2) is 0 Å². The molecule has 0 spiro atoms. The Morgan fingerprint density at radius 3 is 1.18 bits per heavy atom. The second-order valence-corrected chi connectivity index (χ2v) is 14.2. The number of hydrogen-bond donors (Lipinski definition) is 2. The third-order valence-corrected chi connectivity index (χ3v) is 9.84. The van der Waals surface area contributed by atoms with Crippen LogP contribution < -0.4 is 21.2 Å². The van der Waals surface area contributed by atoms with Gasteiger partial charge in [0.2, 0.25) is 0 Å². The molecule has 2 aromatic carbocycles. The summed E-state index contributed by atoms with van der Waals surface area (Å²) in [5.41, 5.74) is 2.32. The molecular formula is C28H44N4P2. The molecule has 0 radical (unpaired) electrons. The minimum atomic E-state index is -0.600. The zero-order valence-corrected chi connectivity index (χ0v) is 24.1. The summed E-state index contributed by atoms with van der Waals surface area (Å²) in [4.78, 5) is 10.2. The largest absolute Gasteiger partial charge is 0.368 e. The molecule has 0 aliphatic heterocycles. The Labute approximate surface area is 210 Å². The number of nitrogens with one attached hydrogen (secondary N) is 2. The molecule has 0 saturated heterocycles. The summed E-state index contributed by atoms with van der Waals surface area (Å²) in [6.07, 6.45) is 2.14. The van der Waals surface area contributed by atoms with Crippen LogP contribution in [0, 0.1) is 0 Å². The molecule has 0 saturated carbocycles. The van der Waals surface area contributed by atoms with Crippen LogP contribution >= 0.6 is 15.8 Å². The maximum absolute atomic E-state index is 5.08. The van der Waals surface area contributed by atoms with Gasteiger partial charge in [-0.1, -0.05) is 60.7 Å². The molecule has 2 aromatic rings. The molecular weight excluding hydrogens is 454 g/mol. The van der Waals surface area contributed by atoms with E-state index >= 15 is 0 Å². The lowest BCUT2D eigenvalue weighted by atomic mass is 10.4. The van der Waals surface area contributed by atoms with Crippen LogP contribution in [0.2, 0.25) is 0 Å². The number of aliphatic imine (C=N–C) groups is 2. The maximum atomic E-state index is 5.08. The van der Waals surface area contributed by atoms with E-state index in [1.165, 1.54) is 10.6 Å². The van der Waals surface area contributed by atoms with Crippen molar-refractivity contribution >= 4 is 37.6 Å². The SMILES string of the molecule is CC(C)N=C(NC(C)C)P(CCP(C(=NC(C)C)NC(C)C)c1ccccc1)c1ccccc1. The first-order valence-electron chi connectivity index (χ1n) is 12.5. The first-order chi connectivity index (χ1) is 16.2. The van der Waals surface area contributed by atoms with Crippen LogP contribution in [-0.2, 0) is 0 Å². The fraction of sp³-hybridized carbons (Fsp3) is 0.500. The molecule has 2 N–H and O–H groups in total. The molecule has 6 heteroatoms. The highest BCUT2D eigenvalue weighted by molar-refractivity contribution is 7.85. The molecule has 4 nitrogen and oxygen atoms in total. The fourth-order valence-electron chi connectivity index (χ4n) is 3.51. The molecule has 2 rings (SSSR count). The van der Waals surface area contributed by atoms with Gasteiger partial charge in [0.1, 0.15) is 11.2 Å². The van der Waals surface area contributed by atoms with Crippen LogP contribution in [0.5, 0.6) is 0 Å². The van der Waals surface area contributed by atoms with Gasteiger partial charge in [-0.15, -0.1) is 0 Å². The first kappa shape index (κ1) is 28.5. The summed E-state index contributed by atoms with van der Waals surface area (Å²) in [6, 6.07) is 23.1. The van der Waals surface area contributed by atoms with Crippen molar-refractivity contribution in [2.75, 3.05) is 12.3 Å². The number of benzene rings is 2. The lowest BCUT2D eigenvalue weighted by Crippen LogP contribution is -2.35. The second-order valence-electron chi connectivity index (χ2n) is 9.67. The van der Waals surface area contributed by atoms with Gasteiger partial charge in [0.25, 0.3) is 0 Å². The van der Waals surface area contributed by atoms with Gasteiger partial charge in [0.05, 0.1) is 0 Å². The van der Waals surface area contributed by atoms with Crippen molar-refractivity contribution in [3.63, 3.8) is 0 Å². The summed E-state index contributed by atoms with van der Waals surface area (Å²) < 4.78 is 0. The fourth-order valence-corrected chi connectivity index (χ4v) is 9.17. The van der Waals surface area contributed by atoms with Gasteiger partial charge in [-0.3, -0.25) is 9.98 Å². The van der Waals surface area contributed by atoms with E-state index in [2.05, 4.69) is 127 Å². The highest BCUT2D eigenvalue weighted by Crippen LogP contribution is 2.43. The lowest BCUT2D eigenvalue weighted by molar-refractivity contribution is 0.726. The second kappa shape index (κ2) is 14.6. The minimum Gasteiger partial charge on any atom is -0.368 e. The summed E-state index contributed by atoms with van der Waals surface area (Å²) in [6.45, 7) is 17.5. The van der Waals surface area contributed by atoms with E-state index in [-0.39, 0.29) is 12.1 Å². The molecule has 2 unspecified atom stereocenters. The standard InChI is InChI=1S/C28H44N4P2/c1-21(2)29-27(30-22(3)4)33(25-15-11-9-12-16-25)19-20-34(26-17-13-10-14-18-26)28(31-23(5)6)32-24(7)8/h9-18,21-24H,19-20H2,1-8H3,(H,29,30)(H,31,32). The van der Waals surface area contributed by atoms with Crippen molar-refractivity contribution in [3.05, 3.63) is 60.7 Å². The number of rotatable bonds is 11. The van der Waals surface area contributed by atoms with Gasteiger partial charge < -0.3 is 10.6 Å². The van der Waals surface area contributed by atoms with E-state index < -0.39 is 15.8 Å². The Kier molecular flexibility index (Phi) is 12.2. The monoisotopic (exact) mass is 498 g/mol. The molecule has 2 atom stereocenters. The Bertz CT molecular complexity index is 818. The Balaban J connectivity index is 2.48. The number of hydrogen-bond acceptors (Lipinski definition) is 2. The van der Waals surface area contributed by atoms with Crippen LogP contribution in [0.3, 0.4) is 0 Å². The Morgan fingerprint density at radius 1 is 0.588 bits per heavy atom. The summed E-state index contributed by atoms with van der Waals surface area (Å²) >= 11 is 0. The summed E-state index contributed by atoms with van der Waals surface area (Å²) in [7, 11) is -1.20. The zero-order chi connectivity index (χ0) is 25.1. The molecule has 0 aromatic heterocycles. The molecule has 0 aliphatic carbocycles. The van der Waals surface area contributed by atoms with E-state index in [1.54, 1.807) is 0 Å². The molecule has 0 fully saturated rings.